The van der Waals surface area contributed by atoms with Crippen molar-refractivity contribution >= 4 is 17.8 Å². The van der Waals surface area contributed by atoms with E-state index in [1.54, 1.807) is 25.2 Å². The van der Waals surface area contributed by atoms with Crippen LogP contribution in [0, 0.1) is 0 Å². The van der Waals surface area contributed by atoms with Gasteiger partial charge >= 0.3 is 0 Å². The first-order valence-electron chi connectivity index (χ1n) is 10.6. The molecule has 0 fully saturated rings. The normalized spacial score (nSPS) is 12.0. The molecule has 1 aliphatic rings. The third-order valence-electron chi connectivity index (χ3n) is 5.14. The fourth-order valence-corrected chi connectivity index (χ4v) is 3.60. The number of hydrogen-bond donors (Lipinski definition) is 3. The molecule has 3 heterocycles. The SMILES string of the molecule is CC(=O)O.COc1cccc(CNC(=O)c2n[nH]c3c2CCN(C(=O)c2cnccn2)C3)c1OC. The van der Waals surface area contributed by atoms with Gasteiger partial charge in [-0.2, -0.15) is 5.10 Å². The number of methoxy groups -OCH3 is 2. The van der Waals surface area contributed by atoms with Gasteiger partial charge in [0, 0.05) is 43.5 Å². The maximum absolute atomic E-state index is 12.8. The number of carboxylic acid groups (broad SMARTS) is 1. The highest BCUT2D eigenvalue weighted by Gasteiger charge is 2.28. The topological polar surface area (TPSA) is 160 Å². The Kier molecular flexibility index (Phi) is 8.33. The Labute approximate surface area is 201 Å². The predicted octanol–water partition coefficient (Wildman–Crippen LogP) is 1.44. The monoisotopic (exact) mass is 482 g/mol. The number of nitrogens with zero attached hydrogens (tertiary/aromatic N) is 4. The van der Waals surface area contributed by atoms with Gasteiger partial charge in [0.15, 0.2) is 17.2 Å². The molecule has 3 aromatic rings. The molecule has 0 bridgehead atoms. The van der Waals surface area contributed by atoms with Crippen LogP contribution in [-0.4, -0.2) is 68.7 Å². The third kappa shape index (κ3) is 6.10. The van der Waals surface area contributed by atoms with Crippen molar-refractivity contribution in [3.63, 3.8) is 0 Å². The van der Waals surface area contributed by atoms with Crippen molar-refractivity contribution in [3.05, 3.63) is 65.0 Å². The van der Waals surface area contributed by atoms with Crippen LogP contribution < -0.4 is 14.8 Å². The molecule has 184 valence electrons. The Morgan fingerprint density at radius 2 is 1.97 bits per heavy atom. The molecule has 35 heavy (non-hydrogen) atoms. The van der Waals surface area contributed by atoms with E-state index < -0.39 is 5.97 Å². The lowest BCUT2D eigenvalue weighted by atomic mass is 10.0. The number of hydrogen-bond acceptors (Lipinski definition) is 8. The van der Waals surface area contributed by atoms with Gasteiger partial charge in [-0.25, -0.2) is 4.98 Å². The van der Waals surface area contributed by atoms with Gasteiger partial charge < -0.3 is 24.8 Å². The zero-order valence-electron chi connectivity index (χ0n) is 19.6. The Bertz CT molecular complexity index is 1190. The number of ether oxygens (including phenoxy) is 2. The lowest BCUT2D eigenvalue weighted by Gasteiger charge is -2.26. The Morgan fingerprint density at radius 1 is 1.20 bits per heavy atom. The Morgan fingerprint density at radius 3 is 2.63 bits per heavy atom. The van der Waals surface area contributed by atoms with Gasteiger partial charge in [-0.05, 0) is 12.5 Å². The Hall–Kier alpha value is -4.48. The smallest absolute Gasteiger partial charge is 0.300 e. The van der Waals surface area contributed by atoms with Crippen LogP contribution in [0.2, 0.25) is 0 Å². The van der Waals surface area contributed by atoms with Crippen LogP contribution in [0.25, 0.3) is 0 Å². The zero-order valence-corrected chi connectivity index (χ0v) is 19.6. The number of aliphatic carboxylic acids is 1. The molecule has 4 rings (SSSR count). The van der Waals surface area contributed by atoms with Crippen LogP contribution in [0.3, 0.4) is 0 Å². The molecule has 2 aromatic heterocycles. The third-order valence-corrected chi connectivity index (χ3v) is 5.14. The molecule has 2 amide bonds. The van der Waals surface area contributed by atoms with Crippen LogP contribution in [0.4, 0.5) is 0 Å². The summed E-state index contributed by atoms with van der Waals surface area (Å²) in [7, 11) is 3.12. The van der Waals surface area contributed by atoms with Gasteiger partial charge in [-0.1, -0.05) is 12.1 Å². The second-order valence-corrected chi connectivity index (χ2v) is 7.45. The van der Waals surface area contributed by atoms with Crippen LogP contribution in [0.5, 0.6) is 11.5 Å². The number of aromatic amines is 1. The number of benzene rings is 1. The highest BCUT2D eigenvalue weighted by atomic mass is 16.5. The first kappa shape index (κ1) is 25.1. The molecule has 0 saturated heterocycles. The second kappa shape index (κ2) is 11.6. The zero-order chi connectivity index (χ0) is 25.4. The van der Waals surface area contributed by atoms with Gasteiger partial charge in [-0.15, -0.1) is 0 Å². The molecule has 0 unspecified atom stereocenters. The van der Waals surface area contributed by atoms with E-state index in [9.17, 15) is 9.59 Å². The maximum Gasteiger partial charge on any atom is 0.300 e. The molecule has 0 radical (unpaired) electrons. The number of rotatable bonds is 6. The average molecular weight is 482 g/mol. The van der Waals surface area contributed by atoms with E-state index >= 15 is 0 Å². The summed E-state index contributed by atoms with van der Waals surface area (Å²) in [5, 5.41) is 17.4. The van der Waals surface area contributed by atoms with Crippen molar-refractivity contribution in [2.45, 2.75) is 26.4 Å². The van der Waals surface area contributed by atoms with Gasteiger partial charge in [-0.3, -0.25) is 24.5 Å². The van der Waals surface area contributed by atoms with E-state index in [0.717, 1.165) is 23.7 Å². The van der Waals surface area contributed by atoms with Crippen molar-refractivity contribution in [2.24, 2.45) is 0 Å². The summed E-state index contributed by atoms with van der Waals surface area (Å²) in [6.45, 7) is 2.14. The van der Waals surface area contributed by atoms with E-state index in [4.69, 9.17) is 19.4 Å². The van der Waals surface area contributed by atoms with Gasteiger partial charge in [0.05, 0.1) is 32.7 Å². The van der Waals surface area contributed by atoms with Crippen molar-refractivity contribution in [1.29, 1.82) is 0 Å². The molecule has 1 aromatic carbocycles. The molecule has 3 N–H and O–H groups in total. The van der Waals surface area contributed by atoms with Crippen molar-refractivity contribution in [1.82, 2.24) is 30.4 Å². The molecular weight excluding hydrogens is 456 g/mol. The van der Waals surface area contributed by atoms with Gasteiger partial charge in [0.1, 0.15) is 5.69 Å². The van der Waals surface area contributed by atoms with E-state index in [1.807, 2.05) is 12.1 Å². The summed E-state index contributed by atoms with van der Waals surface area (Å²) in [6, 6.07) is 5.49. The van der Waals surface area contributed by atoms with Crippen LogP contribution in [-0.2, 0) is 24.3 Å². The highest BCUT2D eigenvalue weighted by Crippen LogP contribution is 2.30. The predicted molar refractivity (Wildman–Crippen MR) is 123 cm³/mol. The first-order valence-corrected chi connectivity index (χ1v) is 10.6. The lowest BCUT2D eigenvalue weighted by Crippen LogP contribution is -2.37. The number of H-pyrrole nitrogens is 1. The summed E-state index contributed by atoms with van der Waals surface area (Å²) in [4.78, 5) is 44.0. The number of carbonyl (C=O) groups is 3. The van der Waals surface area contributed by atoms with E-state index in [1.165, 1.54) is 18.6 Å². The first-order chi connectivity index (χ1) is 16.8. The molecule has 12 nitrogen and oxygen atoms in total. The fraction of sp³-hybridized carbons (Fsp3) is 0.304. The summed E-state index contributed by atoms with van der Waals surface area (Å²) in [5.74, 6) is -0.160. The van der Waals surface area contributed by atoms with Gasteiger partial charge in [0.25, 0.3) is 17.8 Å². The minimum absolute atomic E-state index is 0.204. The molecular formula is C23H26N6O6. The van der Waals surface area contributed by atoms with Crippen molar-refractivity contribution in [2.75, 3.05) is 20.8 Å². The number of carbonyl (C=O) groups excluding carboxylic acids is 2. The number of para-hydroxylation sites is 1. The fourth-order valence-electron chi connectivity index (χ4n) is 3.60. The van der Waals surface area contributed by atoms with E-state index in [-0.39, 0.29) is 24.1 Å². The van der Waals surface area contributed by atoms with Crippen LogP contribution in [0.15, 0.2) is 36.8 Å². The van der Waals surface area contributed by atoms with Gasteiger partial charge in [0.2, 0.25) is 0 Å². The summed E-state index contributed by atoms with van der Waals surface area (Å²) < 4.78 is 10.7. The van der Waals surface area contributed by atoms with Crippen LogP contribution >= 0.6 is 0 Å². The average Bonchev–Trinajstić information content (AvgIpc) is 3.30. The number of amides is 2. The number of fused-ring (bicyclic) bond motifs is 1. The second-order valence-electron chi connectivity index (χ2n) is 7.45. The lowest BCUT2D eigenvalue weighted by molar-refractivity contribution is -0.134. The molecule has 0 spiro atoms. The number of carboxylic acids is 1. The molecule has 0 atom stereocenters. The molecule has 0 saturated carbocycles. The molecule has 1 aliphatic heterocycles. The van der Waals surface area contributed by atoms with Crippen molar-refractivity contribution < 1.29 is 29.0 Å². The standard InChI is InChI=1S/C21H22N6O4.C2H4O2/c1-30-17-5-3-4-13(19(17)31-2)10-24-20(28)18-14-6-9-27(12-16(14)25-26-18)21(29)15-11-22-7-8-23-15;1-2(3)4/h3-5,7-8,11H,6,9-10,12H2,1-2H3,(H,24,28)(H,25,26);1H3,(H,3,4). The summed E-state index contributed by atoms with van der Waals surface area (Å²) in [5.41, 5.74) is 2.98. The van der Waals surface area contributed by atoms with E-state index in [0.29, 0.717) is 36.7 Å². The largest absolute Gasteiger partial charge is 0.493 e. The maximum atomic E-state index is 12.8. The van der Waals surface area contributed by atoms with E-state index in [2.05, 4.69) is 25.5 Å². The number of nitrogens with one attached hydrogen (secondary N) is 2. The minimum Gasteiger partial charge on any atom is -0.493 e. The molecule has 0 aliphatic carbocycles. The summed E-state index contributed by atoms with van der Waals surface area (Å²) >= 11 is 0. The quantitative estimate of drug-likeness (QED) is 0.472. The summed E-state index contributed by atoms with van der Waals surface area (Å²) in [6.07, 6.45) is 4.96. The highest BCUT2D eigenvalue weighted by molar-refractivity contribution is 5.95. The van der Waals surface area contributed by atoms with Crippen LogP contribution in [0.1, 0.15) is 44.7 Å². The Balaban J connectivity index is 0.000000795. The number of aromatic nitrogens is 4. The molecule has 12 heteroatoms. The van der Waals surface area contributed by atoms with Crippen molar-refractivity contribution in [3.8, 4) is 11.5 Å². The minimum atomic E-state index is -0.833.